The van der Waals surface area contributed by atoms with Gasteiger partial charge in [-0.25, -0.2) is 0 Å². The van der Waals surface area contributed by atoms with Crippen molar-refractivity contribution in [3.63, 3.8) is 0 Å². The number of nitrogens with two attached hydrogens (primary N) is 1. The Morgan fingerprint density at radius 2 is 1.19 bits per heavy atom. The van der Waals surface area contributed by atoms with Crippen LogP contribution >= 0.6 is 0 Å². The van der Waals surface area contributed by atoms with Gasteiger partial charge in [-0.05, 0) is 45.8 Å². The Bertz CT molecular complexity index is 646. The Kier molecular flexibility index (Phi) is 3.67. The van der Waals surface area contributed by atoms with Gasteiger partial charge in [0.2, 0.25) is 0 Å². The van der Waals surface area contributed by atoms with E-state index >= 15 is 0 Å². The predicted octanol–water partition coefficient (Wildman–Crippen LogP) is 3.19. The van der Waals surface area contributed by atoms with Crippen LogP contribution in [0.5, 0.6) is 0 Å². The molecule has 0 saturated heterocycles. The van der Waals surface area contributed by atoms with Crippen LogP contribution in [0.25, 0.3) is 21.5 Å². The molecule has 1 radical (unpaired) electrons. The maximum Gasteiger partial charge on any atom is 0.0320 e. The van der Waals surface area contributed by atoms with Crippen LogP contribution in [0.4, 0.5) is 5.69 Å². The van der Waals surface area contributed by atoms with Gasteiger partial charge in [0.1, 0.15) is 0 Å². The van der Waals surface area contributed by atoms with Crippen molar-refractivity contribution in [2.75, 3.05) is 5.73 Å². The molecule has 2 heteroatoms. The van der Waals surface area contributed by atoms with Crippen LogP contribution in [0.3, 0.4) is 0 Å². The monoisotopic (exact) mass is 232 g/mol. The third-order valence-corrected chi connectivity index (χ3v) is 2.73. The molecule has 0 amide bonds. The van der Waals surface area contributed by atoms with Gasteiger partial charge in [0.25, 0.3) is 0 Å². The molecule has 73 valence electrons. The van der Waals surface area contributed by atoms with Crippen molar-refractivity contribution in [3.05, 3.63) is 54.6 Å². The Balaban J connectivity index is 0.000000963. The zero-order valence-electron chi connectivity index (χ0n) is 9.27. The smallest absolute Gasteiger partial charge is 0.0320 e. The van der Waals surface area contributed by atoms with Crippen LogP contribution < -0.4 is 5.73 Å². The molecule has 1 nitrogen and oxygen atoms in total. The van der Waals surface area contributed by atoms with Crippen molar-refractivity contribution < 1.29 is 0 Å². The first kappa shape index (κ1) is 12.1. The molecule has 0 aliphatic heterocycles. The first-order valence-corrected chi connectivity index (χ1v) is 5.01. The zero-order valence-corrected chi connectivity index (χ0v) is 12.4. The summed E-state index contributed by atoms with van der Waals surface area (Å²) in [5, 5.41) is 4.97. The first-order chi connectivity index (χ1) is 7.33. The van der Waals surface area contributed by atoms with Crippen LogP contribution in [-0.2, 0) is 0 Å². The Morgan fingerprint density at radius 3 is 1.88 bits per heavy atom. The van der Waals surface area contributed by atoms with E-state index in [9.17, 15) is 0 Å². The number of benzene rings is 3. The first-order valence-electron chi connectivity index (χ1n) is 5.01. The van der Waals surface area contributed by atoms with Crippen LogP contribution in [-0.4, -0.2) is 51.4 Å². The fourth-order valence-corrected chi connectivity index (χ4v) is 1.96. The van der Waals surface area contributed by atoms with Crippen LogP contribution in [0.2, 0.25) is 0 Å². The molecule has 3 aromatic rings. The minimum atomic E-state index is 0. The molecule has 16 heavy (non-hydrogen) atoms. The molecule has 0 aliphatic rings. The van der Waals surface area contributed by atoms with Gasteiger partial charge in [0.05, 0.1) is 0 Å². The molecule has 3 rings (SSSR count). The van der Waals surface area contributed by atoms with Gasteiger partial charge in [-0.1, -0.05) is 30.3 Å². The molecule has 0 atom stereocenters. The molecule has 0 unspecified atom stereocenters. The second-order valence-electron chi connectivity index (χ2n) is 3.81. The Hall–Kier alpha value is -0.384. The molecule has 0 aromatic heterocycles. The van der Waals surface area contributed by atoms with Crippen molar-refractivity contribution >= 4 is 78.6 Å². The van der Waals surface area contributed by atoms with Gasteiger partial charge in [-0.3, -0.25) is 0 Å². The summed E-state index contributed by atoms with van der Waals surface area (Å²) < 4.78 is 0. The Labute approximate surface area is 137 Å². The van der Waals surface area contributed by atoms with Crippen LogP contribution in [0.15, 0.2) is 54.6 Å². The molecule has 0 bridgehead atoms. The minimum absolute atomic E-state index is 0. The normalized spacial score (nSPS) is 10.2. The van der Waals surface area contributed by atoms with E-state index in [0.717, 1.165) is 5.69 Å². The van der Waals surface area contributed by atoms with Crippen LogP contribution in [0, 0.1) is 0 Å². The number of fused-ring (bicyclic) bond motifs is 2. The van der Waals surface area contributed by atoms with E-state index in [1.165, 1.54) is 21.5 Å². The molecular formula is C14H11KN. The number of rotatable bonds is 0. The van der Waals surface area contributed by atoms with Crippen molar-refractivity contribution in [3.8, 4) is 0 Å². The van der Waals surface area contributed by atoms with Gasteiger partial charge in [0, 0.05) is 57.1 Å². The average Bonchev–Trinajstić information content (AvgIpc) is 2.26. The second-order valence-corrected chi connectivity index (χ2v) is 3.81. The van der Waals surface area contributed by atoms with Crippen molar-refractivity contribution in [1.29, 1.82) is 0 Å². The van der Waals surface area contributed by atoms with Gasteiger partial charge < -0.3 is 5.73 Å². The third kappa shape index (κ3) is 2.17. The Morgan fingerprint density at radius 1 is 0.625 bits per heavy atom. The maximum absolute atomic E-state index is 5.77. The van der Waals surface area contributed by atoms with Crippen molar-refractivity contribution in [1.82, 2.24) is 0 Å². The molecule has 0 heterocycles. The number of hydrogen-bond donors (Lipinski definition) is 1. The fraction of sp³-hybridized carbons (Fsp3) is 0. The summed E-state index contributed by atoms with van der Waals surface area (Å²) in [6, 6.07) is 18.8. The van der Waals surface area contributed by atoms with Crippen molar-refractivity contribution in [2.45, 2.75) is 0 Å². The maximum atomic E-state index is 5.77. The average molecular weight is 232 g/mol. The summed E-state index contributed by atoms with van der Waals surface area (Å²) >= 11 is 0. The second kappa shape index (κ2) is 4.86. The minimum Gasteiger partial charge on any atom is -0.399 e. The molecule has 0 spiro atoms. The zero-order chi connectivity index (χ0) is 10.3. The summed E-state index contributed by atoms with van der Waals surface area (Å²) in [4.78, 5) is 0. The predicted molar refractivity (Wildman–Crippen MR) is 71.6 cm³/mol. The third-order valence-electron chi connectivity index (χ3n) is 2.73. The topological polar surface area (TPSA) is 26.0 Å². The summed E-state index contributed by atoms with van der Waals surface area (Å²) in [6.07, 6.45) is 0. The van der Waals surface area contributed by atoms with Gasteiger partial charge in [-0.15, -0.1) is 0 Å². The summed E-state index contributed by atoms with van der Waals surface area (Å²) in [6.45, 7) is 0. The van der Waals surface area contributed by atoms with Gasteiger partial charge in [-0.2, -0.15) is 0 Å². The largest absolute Gasteiger partial charge is 0.399 e. The van der Waals surface area contributed by atoms with E-state index < -0.39 is 0 Å². The molecule has 0 fully saturated rings. The summed E-state index contributed by atoms with van der Waals surface area (Å²) in [5.74, 6) is 0. The van der Waals surface area contributed by atoms with E-state index in [1.54, 1.807) is 0 Å². The number of hydrogen-bond acceptors (Lipinski definition) is 1. The molecule has 0 aliphatic carbocycles. The standard InChI is InChI=1S/C14H11N.K/c15-14-6-5-12-7-10-3-1-2-4-11(10)8-13(12)9-14;/h1-9H,15H2;. The van der Waals surface area contributed by atoms with Crippen LogP contribution in [0.1, 0.15) is 0 Å². The number of anilines is 1. The van der Waals surface area contributed by atoms with Gasteiger partial charge in [0.15, 0.2) is 0 Å². The fourth-order valence-electron chi connectivity index (χ4n) is 1.96. The SMILES string of the molecule is Nc1ccc2cc3ccccc3cc2c1.[K]. The van der Waals surface area contributed by atoms with E-state index in [-0.39, 0.29) is 51.4 Å². The van der Waals surface area contributed by atoms with E-state index in [4.69, 9.17) is 5.73 Å². The molecule has 0 saturated carbocycles. The quantitative estimate of drug-likeness (QED) is 0.359. The van der Waals surface area contributed by atoms with E-state index in [2.05, 4.69) is 42.5 Å². The molecule has 3 aromatic carbocycles. The van der Waals surface area contributed by atoms with E-state index in [1.807, 2.05) is 12.1 Å². The van der Waals surface area contributed by atoms with Crippen molar-refractivity contribution in [2.24, 2.45) is 0 Å². The summed E-state index contributed by atoms with van der Waals surface area (Å²) in [5.41, 5.74) is 6.59. The van der Waals surface area contributed by atoms with Gasteiger partial charge >= 0.3 is 0 Å². The van der Waals surface area contributed by atoms with E-state index in [0.29, 0.717) is 0 Å². The summed E-state index contributed by atoms with van der Waals surface area (Å²) in [7, 11) is 0. The number of nitrogen functional groups attached to an aromatic ring is 1. The molecular weight excluding hydrogens is 221 g/mol. The molecule has 2 N–H and O–H groups in total.